The monoisotopic (exact) mass is 1130 g/mol. The molecule has 1 N–H and O–H groups in total. The Kier molecular flexibility index (Phi) is 18.7. The molecular formula is C62H84Cl2N6O7S. The molecule has 0 bridgehead atoms. The maximum atomic E-state index is 15.4. The molecule has 1 unspecified atom stereocenters. The van der Waals surface area contributed by atoms with Crippen molar-refractivity contribution in [2.45, 2.75) is 147 Å². The molecule has 5 amide bonds. The Morgan fingerprint density at radius 1 is 0.692 bits per heavy atom. The van der Waals surface area contributed by atoms with Gasteiger partial charge in [-0.05, 0) is 174 Å². The van der Waals surface area contributed by atoms with E-state index in [0.717, 1.165) is 94.1 Å². The van der Waals surface area contributed by atoms with E-state index in [-0.39, 0.29) is 65.4 Å². The molecule has 6 heterocycles. The van der Waals surface area contributed by atoms with Crippen LogP contribution < -0.4 is 10.2 Å². The topological polar surface area (TPSA) is 148 Å². The summed E-state index contributed by atoms with van der Waals surface area (Å²) in [7, 11) is -3.60. The minimum Gasteiger partial charge on any atom is -0.372 e. The van der Waals surface area contributed by atoms with E-state index in [1.807, 2.05) is 74.2 Å². The molecule has 0 spiro atoms. The zero-order valence-corrected chi connectivity index (χ0v) is 49.1. The van der Waals surface area contributed by atoms with Crippen LogP contribution in [0.25, 0.3) is 0 Å². The number of benzene rings is 3. The Bertz CT molecular complexity index is 2730. The van der Waals surface area contributed by atoms with Crippen molar-refractivity contribution in [3.63, 3.8) is 0 Å². The van der Waals surface area contributed by atoms with E-state index in [2.05, 4.69) is 32.1 Å². The van der Waals surface area contributed by atoms with Crippen LogP contribution in [-0.4, -0.2) is 134 Å². The van der Waals surface area contributed by atoms with Crippen molar-refractivity contribution >= 4 is 68.3 Å². The Morgan fingerprint density at radius 3 is 1.94 bits per heavy atom. The molecule has 3 aromatic rings. The van der Waals surface area contributed by atoms with Crippen molar-refractivity contribution in [2.75, 3.05) is 69.6 Å². The van der Waals surface area contributed by atoms with Crippen LogP contribution in [0.3, 0.4) is 0 Å². The summed E-state index contributed by atoms with van der Waals surface area (Å²) in [6.45, 7) is 17.1. The lowest BCUT2D eigenvalue weighted by atomic mass is 9.66. The quantitative estimate of drug-likeness (QED) is 0.138. The first-order chi connectivity index (χ1) is 37.2. The molecule has 6 saturated heterocycles. The van der Waals surface area contributed by atoms with Crippen LogP contribution >= 0.6 is 23.2 Å². The zero-order valence-electron chi connectivity index (χ0n) is 46.7. The summed E-state index contributed by atoms with van der Waals surface area (Å²) in [5.74, 6) is 0.399. The van der Waals surface area contributed by atoms with Crippen molar-refractivity contribution in [2.24, 2.45) is 35.0 Å². The Balaban J connectivity index is 0.742. The van der Waals surface area contributed by atoms with Gasteiger partial charge < -0.3 is 24.5 Å². The van der Waals surface area contributed by atoms with Gasteiger partial charge in [-0.3, -0.25) is 29.3 Å². The van der Waals surface area contributed by atoms with E-state index in [1.165, 1.54) is 24.9 Å². The molecule has 6 aliphatic rings. The summed E-state index contributed by atoms with van der Waals surface area (Å²) >= 11 is 13.0. The minimum absolute atomic E-state index is 0.0347. The number of carbonyl (C=O) groups excluding carboxylic acids is 5. The number of hydrogen-bond donors (Lipinski definition) is 1. The summed E-state index contributed by atoms with van der Waals surface area (Å²) in [4.78, 5) is 79.1. The highest BCUT2D eigenvalue weighted by molar-refractivity contribution is 7.92. The normalized spacial score (nSPS) is 25.5. The number of hydrogen-bond acceptors (Lipinski definition) is 9. The van der Waals surface area contributed by atoms with Gasteiger partial charge in [-0.25, -0.2) is 8.42 Å². The fourth-order valence-electron chi connectivity index (χ4n) is 14.0. The molecule has 13 nitrogen and oxygen atoms in total. The highest BCUT2D eigenvalue weighted by Crippen LogP contribution is 2.53. The van der Waals surface area contributed by atoms with Gasteiger partial charge in [0.15, 0.2) is 9.84 Å². The fraction of sp³-hybridized carbons (Fsp3) is 0.629. The molecule has 0 saturated carbocycles. The van der Waals surface area contributed by atoms with Gasteiger partial charge in [-0.2, -0.15) is 0 Å². The van der Waals surface area contributed by atoms with Gasteiger partial charge in [-0.15, -0.1) is 0 Å². The van der Waals surface area contributed by atoms with Gasteiger partial charge in [0.25, 0.3) is 0 Å². The molecule has 6 aliphatic heterocycles. The van der Waals surface area contributed by atoms with Crippen LogP contribution in [0.4, 0.5) is 5.69 Å². The lowest BCUT2D eigenvalue weighted by molar-refractivity contribution is -0.160. The smallest absolute Gasteiger partial charge is 0.234 e. The Morgan fingerprint density at radius 2 is 1.31 bits per heavy atom. The van der Waals surface area contributed by atoms with Gasteiger partial charge in [0, 0.05) is 92.3 Å². The standard InChI is InChI=1S/C62H84Cl2N6O7S/c1-41(2)55(40-78(76,77)42(3)4)70-58(46-12-14-50(63)15-13-46)54(48-8-6-10-51(64)35-48)37-62(5,61(70)75)38-57(72)68-32-24-47(25-33-68)60(74)69-30-20-44(21-31-69)34-43-18-26-66(27-19-43)39-45-22-28-67(29-23-45)52-11-7-9-49(36-52)53-16-17-56(71)65-59(53)73/h6-15,35-36,41-45,47,53-55,58H,16-34,37-40H2,1-5H3,(H,65,71,73)/t53?,54-,55-,58-,62-/m1/s1. The van der Waals surface area contributed by atoms with Crippen molar-refractivity contribution < 1.29 is 32.4 Å². The van der Waals surface area contributed by atoms with Gasteiger partial charge in [0.2, 0.25) is 29.5 Å². The molecule has 16 heteroatoms. The summed E-state index contributed by atoms with van der Waals surface area (Å²) < 4.78 is 27.5. The van der Waals surface area contributed by atoms with Crippen molar-refractivity contribution in [1.82, 2.24) is 24.9 Å². The molecule has 0 aliphatic carbocycles. The molecule has 78 heavy (non-hydrogen) atoms. The molecule has 6 fully saturated rings. The summed E-state index contributed by atoms with van der Waals surface area (Å²) in [6.07, 6.45) is 10.6. The Labute approximate surface area is 474 Å². The number of rotatable bonds is 16. The maximum absolute atomic E-state index is 15.4. The van der Waals surface area contributed by atoms with Crippen LogP contribution in [0, 0.1) is 35.0 Å². The second-order valence-corrected chi connectivity index (χ2v) is 28.4. The SMILES string of the molecule is CC(C)[C@@H](CS(=O)(=O)C(C)C)N1C(=O)[C@@](C)(CC(=O)N2CCC(C(=O)N3CCC(CC4CCN(CC5CCN(c6cccc(C7CCC(=O)NC7=O)c6)CC5)CC4)CC3)CC2)C[C@H](c2cccc(Cl)c2)[C@H]1c1ccc(Cl)cc1. The number of halogens is 2. The highest BCUT2D eigenvalue weighted by Gasteiger charge is 2.54. The third-order valence-corrected chi connectivity index (χ3v) is 21.6. The van der Waals surface area contributed by atoms with Gasteiger partial charge >= 0.3 is 0 Å². The number of anilines is 1. The minimum atomic E-state index is -3.60. The summed E-state index contributed by atoms with van der Waals surface area (Å²) in [5, 5.41) is 2.97. The van der Waals surface area contributed by atoms with Crippen LogP contribution in [0.15, 0.2) is 72.8 Å². The van der Waals surface area contributed by atoms with E-state index in [4.69, 9.17) is 23.2 Å². The number of carbonyl (C=O) groups is 5. The average molecular weight is 1130 g/mol. The van der Waals surface area contributed by atoms with E-state index in [9.17, 15) is 27.6 Å². The predicted molar refractivity (Wildman–Crippen MR) is 309 cm³/mol. The van der Waals surface area contributed by atoms with Gasteiger partial charge in [-0.1, -0.05) is 80.4 Å². The third-order valence-electron chi connectivity index (χ3n) is 18.9. The summed E-state index contributed by atoms with van der Waals surface area (Å²) in [5.41, 5.74) is 2.75. The number of nitrogens with one attached hydrogen (secondary N) is 1. The van der Waals surface area contributed by atoms with Crippen LogP contribution in [0.2, 0.25) is 10.0 Å². The lowest BCUT2D eigenvalue weighted by Gasteiger charge is -2.53. The van der Waals surface area contributed by atoms with Gasteiger partial charge in [0.05, 0.1) is 28.4 Å². The number of sulfone groups is 1. The van der Waals surface area contributed by atoms with Crippen LogP contribution in [0.1, 0.15) is 153 Å². The number of imide groups is 1. The average Bonchev–Trinajstić information content (AvgIpc) is 3.53. The molecule has 5 atom stereocenters. The second kappa shape index (κ2) is 25.1. The third kappa shape index (κ3) is 13.6. The largest absolute Gasteiger partial charge is 0.372 e. The molecule has 9 rings (SSSR count). The van der Waals surface area contributed by atoms with Crippen LogP contribution in [-0.2, 0) is 33.8 Å². The number of amides is 5. The van der Waals surface area contributed by atoms with Gasteiger partial charge in [0.1, 0.15) is 0 Å². The Hall–Kier alpha value is -4.50. The van der Waals surface area contributed by atoms with Crippen molar-refractivity contribution in [3.05, 3.63) is 99.5 Å². The van der Waals surface area contributed by atoms with E-state index >= 15 is 4.79 Å². The number of piperidine rings is 6. The fourth-order valence-corrected chi connectivity index (χ4v) is 15.7. The first-order valence-electron chi connectivity index (χ1n) is 29.3. The molecule has 424 valence electrons. The molecule has 3 aromatic carbocycles. The maximum Gasteiger partial charge on any atom is 0.234 e. The second-order valence-electron chi connectivity index (χ2n) is 24.9. The first-order valence-corrected chi connectivity index (χ1v) is 31.7. The van der Waals surface area contributed by atoms with E-state index in [1.54, 1.807) is 30.9 Å². The predicted octanol–water partition coefficient (Wildman–Crippen LogP) is 10.3. The molecule has 0 aromatic heterocycles. The lowest BCUT2D eigenvalue weighted by Crippen LogP contribution is -2.59. The zero-order chi connectivity index (χ0) is 55.5. The number of nitrogens with zero attached hydrogens (tertiary/aromatic N) is 5. The highest BCUT2D eigenvalue weighted by atomic mass is 35.5. The molecular weight excluding hydrogens is 1040 g/mol. The van der Waals surface area contributed by atoms with Crippen LogP contribution in [0.5, 0.6) is 0 Å². The summed E-state index contributed by atoms with van der Waals surface area (Å²) in [6, 6.07) is 22.2. The van der Waals surface area contributed by atoms with Crippen molar-refractivity contribution in [3.8, 4) is 0 Å². The number of likely N-dealkylation sites (tertiary alicyclic amines) is 4. The molecule has 0 radical (unpaired) electrons. The van der Waals surface area contributed by atoms with E-state index in [0.29, 0.717) is 67.1 Å². The van der Waals surface area contributed by atoms with E-state index < -0.39 is 32.6 Å². The van der Waals surface area contributed by atoms with Crippen molar-refractivity contribution in [1.29, 1.82) is 0 Å². The first kappa shape index (κ1) is 58.2.